The summed E-state index contributed by atoms with van der Waals surface area (Å²) in [5, 5.41) is 7.97. The van der Waals surface area contributed by atoms with Gasteiger partial charge in [0, 0.05) is 13.1 Å². The van der Waals surface area contributed by atoms with E-state index in [-0.39, 0.29) is 12.2 Å². The Morgan fingerprint density at radius 1 is 1.50 bits per heavy atom. The minimum atomic E-state index is -0.308. The third-order valence-electron chi connectivity index (χ3n) is 3.80. The number of hydrogen-bond acceptors (Lipinski definition) is 4. The van der Waals surface area contributed by atoms with Gasteiger partial charge in [-0.3, -0.25) is 5.32 Å². The van der Waals surface area contributed by atoms with Gasteiger partial charge in [-0.25, -0.2) is 9.79 Å². The first kappa shape index (κ1) is 13.1. The average Bonchev–Trinajstić information content (AvgIpc) is 2.87. The van der Waals surface area contributed by atoms with Crippen LogP contribution in [0.25, 0.3) is 0 Å². The summed E-state index contributed by atoms with van der Waals surface area (Å²) >= 11 is 0. The Kier molecular flexibility index (Phi) is 4.41. The highest BCUT2D eigenvalue weighted by Crippen LogP contribution is 2.35. The number of nitrogens with zero attached hydrogens (tertiary/aromatic N) is 1. The molecule has 0 aromatic carbocycles. The van der Waals surface area contributed by atoms with Crippen LogP contribution in [0, 0.1) is 11.8 Å². The molecule has 6 heteroatoms. The topological polar surface area (TPSA) is 79.3 Å². The summed E-state index contributed by atoms with van der Waals surface area (Å²) in [7, 11) is 0. The van der Waals surface area contributed by atoms with Crippen LogP contribution in [0.4, 0.5) is 4.79 Å². The highest BCUT2D eigenvalue weighted by molar-refractivity contribution is 5.71. The Morgan fingerprint density at radius 2 is 2.33 bits per heavy atom. The number of quaternary nitrogens is 1. The second-order valence-electron chi connectivity index (χ2n) is 5.13. The smallest absolute Gasteiger partial charge is 0.407 e. The van der Waals surface area contributed by atoms with Crippen molar-refractivity contribution < 1.29 is 14.8 Å². The molecule has 1 aliphatic heterocycles. The van der Waals surface area contributed by atoms with Gasteiger partial charge in [0.25, 0.3) is 5.96 Å². The summed E-state index contributed by atoms with van der Waals surface area (Å²) in [6.45, 7) is 7.43. The molecule has 0 bridgehead atoms. The van der Waals surface area contributed by atoms with E-state index in [0.29, 0.717) is 24.9 Å². The number of carbonyl (C=O) groups is 1. The van der Waals surface area contributed by atoms with Gasteiger partial charge >= 0.3 is 6.09 Å². The largest absolute Gasteiger partial charge is 0.446 e. The van der Waals surface area contributed by atoms with Crippen LogP contribution in [0.1, 0.15) is 20.3 Å². The van der Waals surface area contributed by atoms with Crippen molar-refractivity contribution in [2.75, 3.05) is 26.2 Å². The Hall–Kier alpha value is -1.30. The van der Waals surface area contributed by atoms with Crippen molar-refractivity contribution in [3.8, 4) is 0 Å². The number of ether oxygens (including phenoxy) is 1. The van der Waals surface area contributed by atoms with Gasteiger partial charge in [0.2, 0.25) is 0 Å². The molecule has 6 nitrogen and oxygen atoms in total. The predicted octanol–water partition coefficient (Wildman–Crippen LogP) is -0.720. The number of amides is 1. The second-order valence-corrected chi connectivity index (χ2v) is 5.13. The van der Waals surface area contributed by atoms with E-state index in [1.807, 2.05) is 0 Å². The number of hydrogen-bond donors (Lipinski definition) is 3. The molecule has 0 aromatic rings. The van der Waals surface area contributed by atoms with E-state index in [1.54, 1.807) is 0 Å². The van der Waals surface area contributed by atoms with Crippen LogP contribution in [0.15, 0.2) is 4.99 Å². The molecule has 18 heavy (non-hydrogen) atoms. The molecular weight excluding hydrogens is 232 g/mol. The van der Waals surface area contributed by atoms with E-state index in [0.717, 1.165) is 25.5 Å². The fourth-order valence-electron chi connectivity index (χ4n) is 2.23. The zero-order valence-electron chi connectivity index (χ0n) is 11.1. The maximum absolute atomic E-state index is 11.5. The van der Waals surface area contributed by atoms with Gasteiger partial charge in [0.15, 0.2) is 0 Å². The first-order valence-corrected chi connectivity index (χ1v) is 6.73. The van der Waals surface area contributed by atoms with Gasteiger partial charge in [-0.05, 0) is 18.3 Å². The zero-order valence-corrected chi connectivity index (χ0v) is 11.1. The van der Waals surface area contributed by atoms with Crippen LogP contribution in [-0.4, -0.2) is 44.3 Å². The maximum Gasteiger partial charge on any atom is 0.407 e. The summed E-state index contributed by atoms with van der Waals surface area (Å²) in [6.07, 6.45) is 0.775. The standard InChI is InChI=1S/C12H22N4O2/c1-8-7-10(9(8)2)18-12(17)16-6-5-15-11-13-3-4-14-11/h8-10H,3-7H2,1-2H3,(H,16,17)(H2,13,14,15)/p+1/t8?,9-,10+/m1/s1. The lowest BCUT2D eigenvalue weighted by Crippen LogP contribution is -2.89. The minimum Gasteiger partial charge on any atom is -0.446 e. The van der Waals surface area contributed by atoms with Gasteiger partial charge in [0.05, 0.1) is 6.54 Å². The molecular formula is C12H23N4O2+. The molecule has 1 unspecified atom stereocenters. The van der Waals surface area contributed by atoms with Gasteiger partial charge in [-0.1, -0.05) is 13.8 Å². The van der Waals surface area contributed by atoms with Crippen LogP contribution < -0.4 is 16.0 Å². The van der Waals surface area contributed by atoms with Crippen LogP contribution in [0.3, 0.4) is 0 Å². The first-order valence-electron chi connectivity index (χ1n) is 6.73. The van der Waals surface area contributed by atoms with Gasteiger partial charge in [-0.15, -0.1) is 0 Å². The Bertz CT molecular complexity index is 332. The maximum atomic E-state index is 11.5. The molecule has 1 fully saturated rings. The van der Waals surface area contributed by atoms with Crippen LogP contribution in [0.2, 0.25) is 0 Å². The molecule has 1 amide bonds. The van der Waals surface area contributed by atoms with Crippen LogP contribution in [-0.2, 0) is 4.74 Å². The Morgan fingerprint density at radius 3 is 2.94 bits per heavy atom. The molecule has 102 valence electrons. The summed E-state index contributed by atoms with van der Waals surface area (Å²) in [5.74, 6) is 2.09. The number of guanidine groups is 1. The highest BCUT2D eigenvalue weighted by atomic mass is 16.6. The molecule has 1 saturated carbocycles. The Labute approximate surface area is 108 Å². The van der Waals surface area contributed by atoms with Crippen molar-refractivity contribution in [3.63, 3.8) is 0 Å². The van der Waals surface area contributed by atoms with Crippen LogP contribution >= 0.6 is 0 Å². The lowest BCUT2D eigenvalue weighted by molar-refractivity contribution is -0.531. The number of aliphatic imine (C=N–C) groups is 1. The zero-order chi connectivity index (χ0) is 13.0. The number of nitrogens with two attached hydrogens (primary N) is 1. The molecule has 0 radical (unpaired) electrons. The van der Waals surface area contributed by atoms with Crippen LogP contribution in [0.5, 0.6) is 0 Å². The van der Waals surface area contributed by atoms with Gasteiger partial charge < -0.3 is 15.4 Å². The molecule has 0 saturated heterocycles. The second kappa shape index (κ2) is 6.04. The number of nitrogens with one attached hydrogen (secondary N) is 2. The fraction of sp³-hybridized carbons (Fsp3) is 0.833. The number of rotatable bonds is 4. The summed E-state index contributed by atoms with van der Waals surface area (Å²) in [6, 6.07) is 0. The molecule has 2 rings (SSSR count). The fourth-order valence-corrected chi connectivity index (χ4v) is 2.23. The molecule has 0 spiro atoms. The SMILES string of the molecule is CC1C[C@H](OC(=O)NCCNC2=NCC[NH2+]2)[C@@H]1C. The molecule has 4 N–H and O–H groups in total. The van der Waals surface area contributed by atoms with E-state index in [1.165, 1.54) is 0 Å². The quantitative estimate of drug-likeness (QED) is 0.580. The summed E-state index contributed by atoms with van der Waals surface area (Å²) < 4.78 is 5.33. The lowest BCUT2D eigenvalue weighted by atomic mass is 9.73. The van der Waals surface area contributed by atoms with Crippen molar-refractivity contribution in [3.05, 3.63) is 0 Å². The minimum absolute atomic E-state index is 0.0977. The predicted molar refractivity (Wildman–Crippen MR) is 68.3 cm³/mol. The van der Waals surface area contributed by atoms with E-state index >= 15 is 0 Å². The summed E-state index contributed by atoms with van der Waals surface area (Å²) in [4.78, 5) is 15.7. The van der Waals surface area contributed by atoms with Crippen molar-refractivity contribution in [2.45, 2.75) is 26.4 Å². The lowest BCUT2D eigenvalue weighted by Gasteiger charge is -2.39. The van der Waals surface area contributed by atoms with Gasteiger partial charge in [-0.2, -0.15) is 0 Å². The highest BCUT2D eigenvalue weighted by Gasteiger charge is 2.37. The van der Waals surface area contributed by atoms with Crippen molar-refractivity contribution in [2.24, 2.45) is 16.8 Å². The molecule has 1 heterocycles. The number of alkyl carbamates (subject to hydrolysis) is 1. The third-order valence-corrected chi connectivity index (χ3v) is 3.80. The number of carbonyl (C=O) groups excluding carboxylic acids is 1. The monoisotopic (exact) mass is 255 g/mol. The van der Waals surface area contributed by atoms with Crippen molar-refractivity contribution in [1.29, 1.82) is 0 Å². The molecule has 0 aromatic heterocycles. The summed E-state index contributed by atoms with van der Waals surface area (Å²) in [5.41, 5.74) is 0. The van der Waals surface area contributed by atoms with Crippen molar-refractivity contribution >= 4 is 12.1 Å². The third kappa shape index (κ3) is 3.35. The first-order chi connectivity index (χ1) is 8.66. The van der Waals surface area contributed by atoms with E-state index < -0.39 is 0 Å². The van der Waals surface area contributed by atoms with Gasteiger partial charge in [0.1, 0.15) is 12.6 Å². The molecule has 1 aliphatic carbocycles. The molecule has 3 atom stereocenters. The molecule has 2 aliphatic rings. The van der Waals surface area contributed by atoms with E-state index in [2.05, 4.69) is 34.8 Å². The van der Waals surface area contributed by atoms with E-state index in [4.69, 9.17) is 4.74 Å². The van der Waals surface area contributed by atoms with E-state index in [9.17, 15) is 4.79 Å². The Balaban J connectivity index is 1.52. The average molecular weight is 255 g/mol. The van der Waals surface area contributed by atoms with Crippen molar-refractivity contribution in [1.82, 2.24) is 10.6 Å². The normalized spacial score (nSPS) is 30.3.